The zero-order valence-electron chi connectivity index (χ0n) is 9.47. The number of rotatable bonds is 7. The van der Waals surface area contributed by atoms with Crippen molar-refractivity contribution < 1.29 is 23.9 Å². The Hall–Kier alpha value is -1.65. The van der Waals surface area contributed by atoms with E-state index in [2.05, 4.69) is 9.47 Å². The SMILES string of the molecule is CCC(CC=CCC(=O)OC)C(=O)OC=O. The fourth-order valence-corrected chi connectivity index (χ4v) is 1.10. The van der Waals surface area contributed by atoms with Gasteiger partial charge in [-0.25, -0.2) is 0 Å². The van der Waals surface area contributed by atoms with Crippen molar-refractivity contribution in [2.45, 2.75) is 26.2 Å². The molecule has 5 heteroatoms. The van der Waals surface area contributed by atoms with Crippen molar-refractivity contribution in [1.82, 2.24) is 0 Å². The summed E-state index contributed by atoms with van der Waals surface area (Å²) in [6, 6.07) is 0. The number of carbonyl (C=O) groups excluding carboxylic acids is 3. The largest absolute Gasteiger partial charge is 0.469 e. The zero-order chi connectivity index (χ0) is 12.4. The molecule has 0 N–H and O–H groups in total. The standard InChI is InChI=1S/C11H16O5/c1-3-9(11(14)16-8-12)6-4-5-7-10(13)15-2/h4-5,8-9H,3,6-7H2,1-2H3. The van der Waals surface area contributed by atoms with Crippen molar-refractivity contribution in [3.63, 3.8) is 0 Å². The first-order valence-corrected chi connectivity index (χ1v) is 5.01. The molecule has 5 nitrogen and oxygen atoms in total. The van der Waals surface area contributed by atoms with E-state index in [1.54, 1.807) is 12.2 Å². The molecular formula is C11H16O5. The predicted molar refractivity (Wildman–Crippen MR) is 56.3 cm³/mol. The minimum absolute atomic E-state index is 0.128. The van der Waals surface area contributed by atoms with E-state index in [0.29, 0.717) is 12.8 Å². The Bertz CT molecular complexity index is 270. The Balaban J connectivity index is 3.99. The lowest BCUT2D eigenvalue weighted by molar-refractivity contribution is -0.155. The molecule has 0 saturated heterocycles. The van der Waals surface area contributed by atoms with Crippen molar-refractivity contribution in [3.8, 4) is 0 Å². The first-order valence-electron chi connectivity index (χ1n) is 5.01. The lowest BCUT2D eigenvalue weighted by Gasteiger charge is -2.07. The molecule has 0 aromatic heterocycles. The minimum Gasteiger partial charge on any atom is -0.469 e. The van der Waals surface area contributed by atoms with E-state index in [4.69, 9.17) is 0 Å². The summed E-state index contributed by atoms with van der Waals surface area (Å²) in [6.07, 6.45) is 4.53. The number of allylic oxidation sites excluding steroid dienone is 1. The molecular weight excluding hydrogens is 212 g/mol. The van der Waals surface area contributed by atoms with Gasteiger partial charge in [-0.2, -0.15) is 0 Å². The highest BCUT2D eigenvalue weighted by Crippen LogP contribution is 2.11. The summed E-state index contributed by atoms with van der Waals surface area (Å²) < 4.78 is 8.69. The van der Waals surface area contributed by atoms with Gasteiger partial charge in [-0.1, -0.05) is 19.1 Å². The van der Waals surface area contributed by atoms with Crippen LogP contribution in [0, 0.1) is 5.92 Å². The highest BCUT2D eigenvalue weighted by atomic mass is 16.6. The first-order chi connectivity index (χ1) is 7.65. The van der Waals surface area contributed by atoms with Gasteiger partial charge in [0.05, 0.1) is 19.4 Å². The topological polar surface area (TPSA) is 69.7 Å². The molecule has 0 aliphatic carbocycles. The molecule has 0 rings (SSSR count). The van der Waals surface area contributed by atoms with E-state index in [1.807, 2.05) is 6.92 Å². The maximum Gasteiger partial charge on any atom is 0.316 e. The maximum absolute atomic E-state index is 11.2. The van der Waals surface area contributed by atoms with Crippen LogP contribution in [0.3, 0.4) is 0 Å². The summed E-state index contributed by atoms with van der Waals surface area (Å²) in [5.74, 6) is -1.22. The van der Waals surface area contributed by atoms with Crippen LogP contribution in [0.4, 0.5) is 0 Å². The van der Waals surface area contributed by atoms with Crippen LogP contribution in [-0.4, -0.2) is 25.5 Å². The summed E-state index contributed by atoms with van der Waals surface area (Å²) in [6.45, 7) is 1.95. The average molecular weight is 228 g/mol. The van der Waals surface area contributed by atoms with Gasteiger partial charge in [0.2, 0.25) is 0 Å². The number of methoxy groups -OCH3 is 1. The van der Waals surface area contributed by atoms with E-state index in [9.17, 15) is 14.4 Å². The second kappa shape index (κ2) is 8.64. The third kappa shape index (κ3) is 5.95. The smallest absolute Gasteiger partial charge is 0.316 e. The molecule has 0 aliphatic rings. The molecule has 0 fully saturated rings. The molecule has 0 saturated carbocycles. The van der Waals surface area contributed by atoms with Crippen LogP contribution in [0.25, 0.3) is 0 Å². The second-order valence-corrected chi connectivity index (χ2v) is 3.13. The van der Waals surface area contributed by atoms with Crippen LogP contribution < -0.4 is 0 Å². The normalized spacial score (nSPS) is 12.1. The molecule has 0 amide bonds. The number of ether oxygens (including phenoxy) is 2. The Kier molecular flexibility index (Phi) is 7.75. The van der Waals surface area contributed by atoms with E-state index in [1.165, 1.54) is 7.11 Å². The third-order valence-corrected chi connectivity index (χ3v) is 2.09. The monoisotopic (exact) mass is 228 g/mol. The van der Waals surface area contributed by atoms with Gasteiger partial charge in [-0.3, -0.25) is 14.4 Å². The molecule has 0 bridgehead atoms. The summed E-state index contributed by atoms with van der Waals surface area (Å²) in [5.41, 5.74) is 0. The quantitative estimate of drug-likeness (QED) is 0.283. The highest BCUT2D eigenvalue weighted by Gasteiger charge is 2.15. The molecule has 0 aliphatic heterocycles. The summed E-state index contributed by atoms with van der Waals surface area (Å²) >= 11 is 0. The summed E-state index contributed by atoms with van der Waals surface area (Å²) in [5, 5.41) is 0. The van der Waals surface area contributed by atoms with Crippen molar-refractivity contribution in [2.75, 3.05) is 7.11 Å². The van der Waals surface area contributed by atoms with Gasteiger partial charge in [0, 0.05) is 0 Å². The van der Waals surface area contributed by atoms with Crippen LogP contribution in [0.5, 0.6) is 0 Å². The first kappa shape index (κ1) is 14.3. The molecule has 1 unspecified atom stereocenters. The van der Waals surface area contributed by atoms with Crippen molar-refractivity contribution in [1.29, 1.82) is 0 Å². The molecule has 0 aromatic rings. The van der Waals surface area contributed by atoms with E-state index < -0.39 is 5.97 Å². The maximum atomic E-state index is 11.2. The van der Waals surface area contributed by atoms with Crippen LogP contribution in [0.1, 0.15) is 26.2 Å². The average Bonchev–Trinajstić information content (AvgIpc) is 2.29. The van der Waals surface area contributed by atoms with Crippen LogP contribution in [0.2, 0.25) is 0 Å². The van der Waals surface area contributed by atoms with Crippen molar-refractivity contribution in [3.05, 3.63) is 12.2 Å². The van der Waals surface area contributed by atoms with Gasteiger partial charge in [0.15, 0.2) is 0 Å². The van der Waals surface area contributed by atoms with Crippen molar-refractivity contribution >= 4 is 18.4 Å². The van der Waals surface area contributed by atoms with Crippen LogP contribution in [-0.2, 0) is 23.9 Å². The van der Waals surface area contributed by atoms with Gasteiger partial charge in [-0.05, 0) is 12.8 Å². The number of carbonyl (C=O) groups is 3. The highest BCUT2D eigenvalue weighted by molar-refractivity contribution is 5.78. The molecule has 0 spiro atoms. The molecule has 0 heterocycles. The summed E-state index contributed by atoms with van der Waals surface area (Å²) in [7, 11) is 1.31. The van der Waals surface area contributed by atoms with Crippen LogP contribution >= 0.6 is 0 Å². The van der Waals surface area contributed by atoms with Crippen LogP contribution in [0.15, 0.2) is 12.2 Å². The summed E-state index contributed by atoms with van der Waals surface area (Å²) in [4.78, 5) is 31.9. The molecule has 16 heavy (non-hydrogen) atoms. The fourth-order valence-electron chi connectivity index (χ4n) is 1.10. The van der Waals surface area contributed by atoms with Gasteiger partial charge >= 0.3 is 18.4 Å². The van der Waals surface area contributed by atoms with Gasteiger partial charge in [0.25, 0.3) is 0 Å². The van der Waals surface area contributed by atoms with Gasteiger partial charge in [-0.15, -0.1) is 0 Å². The third-order valence-electron chi connectivity index (χ3n) is 2.09. The fraction of sp³-hybridized carbons (Fsp3) is 0.545. The lowest BCUT2D eigenvalue weighted by Crippen LogP contribution is -2.15. The molecule has 1 atom stereocenters. The van der Waals surface area contributed by atoms with E-state index in [-0.39, 0.29) is 24.8 Å². The Morgan fingerprint density at radius 1 is 1.31 bits per heavy atom. The Morgan fingerprint density at radius 2 is 2.00 bits per heavy atom. The number of hydrogen-bond donors (Lipinski definition) is 0. The molecule has 90 valence electrons. The predicted octanol–water partition coefficient (Wildman–Crippen LogP) is 1.22. The van der Waals surface area contributed by atoms with Gasteiger partial charge < -0.3 is 9.47 Å². The number of esters is 2. The zero-order valence-corrected chi connectivity index (χ0v) is 9.47. The number of hydrogen-bond acceptors (Lipinski definition) is 5. The molecule has 0 aromatic carbocycles. The van der Waals surface area contributed by atoms with Gasteiger partial charge in [0.1, 0.15) is 0 Å². The minimum atomic E-state index is -0.541. The Morgan fingerprint density at radius 3 is 2.50 bits per heavy atom. The van der Waals surface area contributed by atoms with Crippen molar-refractivity contribution in [2.24, 2.45) is 5.92 Å². The Labute approximate surface area is 94.4 Å². The van der Waals surface area contributed by atoms with E-state index >= 15 is 0 Å². The molecule has 0 radical (unpaired) electrons. The van der Waals surface area contributed by atoms with E-state index in [0.717, 1.165) is 0 Å². The second-order valence-electron chi connectivity index (χ2n) is 3.13. The lowest BCUT2D eigenvalue weighted by atomic mass is 10.0.